The van der Waals surface area contributed by atoms with Crippen molar-refractivity contribution in [3.05, 3.63) is 65.7 Å². The first kappa shape index (κ1) is 23.6. The number of ether oxygens (including phenoxy) is 1. The minimum atomic E-state index is -0.116. The van der Waals surface area contributed by atoms with E-state index < -0.39 is 0 Å². The van der Waals surface area contributed by atoms with Crippen molar-refractivity contribution in [2.45, 2.75) is 38.9 Å². The lowest BCUT2D eigenvalue weighted by atomic mass is 10.0. The van der Waals surface area contributed by atoms with Gasteiger partial charge in [0.2, 0.25) is 0 Å². The van der Waals surface area contributed by atoms with Crippen molar-refractivity contribution in [3.63, 3.8) is 0 Å². The van der Waals surface area contributed by atoms with Crippen LogP contribution in [-0.4, -0.2) is 56.1 Å². The number of carbonyl (C=O) groups excluding carboxylic acids is 1. The van der Waals surface area contributed by atoms with E-state index in [2.05, 4.69) is 56.2 Å². The summed E-state index contributed by atoms with van der Waals surface area (Å²) in [5, 5.41) is 9.70. The lowest BCUT2D eigenvalue weighted by molar-refractivity contribution is -0.122. The Hall–Kier alpha value is -3.06. The topological polar surface area (TPSA) is 78.0 Å². The molecule has 1 aliphatic rings. The summed E-state index contributed by atoms with van der Waals surface area (Å²) in [5.41, 5.74) is 2.42. The molecule has 1 saturated heterocycles. The minimum Gasteiger partial charge on any atom is -0.484 e. The molecule has 1 unspecified atom stereocenters. The molecule has 172 valence electrons. The molecular weight excluding hydrogens is 402 g/mol. The highest BCUT2D eigenvalue weighted by Gasteiger charge is 2.20. The number of hydrogen-bond acceptors (Lipinski definition) is 4. The monoisotopic (exact) mass is 437 g/mol. The van der Waals surface area contributed by atoms with E-state index in [1.54, 1.807) is 7.05 Å². The lowest BCUT2D eigenvalue weighted by Crippen LogP contribution is -2.50. The van der Waals surface area contributed by atoms with Crippen molar-refractivity contribution < 1.29 is 9.53 Å². The summed E-state index contributed by atoms with van der Waals surface area (Å²) in [6.07, 6.45) is 2.31. The van der Waals surface area contributed by atoms with E-state index in [0.29, 0.717) is 24.9 Å². The fourth-order valence-corrected chi connectivity index (χ4v) is 3.87. The third-order valence-electron chi connectivity index (χ3n) is 5.42. The van der Waals surface area contributed by atoms with Crippen LogP contribution in [0.4, 0.5) is 0 Å². The van der Waals surface area contributed by atoms with Crippen LogP contribution in [0.25, 0.3) is 0 Å². The van der Waals surface area contributed by atoms with Gasteiger partial charge in [-0.3, -0.25) is 14.7 Å². The van der Waals surface area contributed by atoms with Gasteiger partial charge in [-0.15, -0.1) is 0 Å². The van der Waals surface area contributed by atoms with Crippen LogP contribution in [0.1, 0.15) is 30.9 Å². The molecule has 32 heavy (non-hydrogen) atoms. The smallest absolute Gasteiger partial charge is 0.257 e. The Kier molecular flexibility index (Phi) is 9.37. The summed E-state index contributed by atoms with van der Waals surface area (Å²) in [7, 11) is 1.80. The highest BCUT2D eigenvalue weighted by atomic mass is 16.5. The second kappa shape index (κ2) is 12.7. The van der Waals surface area contributed by atoms with Crippen LogP contribution in [0, 0.1) is 0 Å². The maximum absolute atomic E-state index is 11.6. The first-order valence-corrected chi connectivity index (χ1v) is 11.4. The van der Waals surface area contributed by atoms with Crippen molar-refractivity contribution in [1.29, 1.82) is 0 Å². The molecule has 0 spiro atoms. The average molecular weight is 438 g/mol. The number of likely N-dealkylation sites (N-methyl/N-ethyl adjacent to an activating group) is 1. The van der Waals surface area contributed by atoms with Gasteiger partial charge < -0.3 is 20.7 Å². The Balaban J connectivity index is 1.46. The third-order valence-corrected chi connectivity index (χ3v) is 5.42. The van der Waals surface area contributed by atoms with Gasteiger partial charge in [-0.25, -0.2) is 0 Å². The summed E-state index contributed by atoms with van der Waals surface area (Å²) < 4.78 is 5.59. The molecule has 0 aliphatic carbocycles. The number of nitrogens with one attached hydrogen (secondary N) is 3. The van der Waals surface area contributed by atoms with Crippen LogP contribution in [-0.2, 0) is 17.9 Å². The van der Waals surface area contributed by atoms with Crippen LogP contribution in [0.2, 0.25) is 0 Å². The zero-order chi connectivity index (χ0) is 22.6. The summed E-state index contributed by atoms with van der Waals surface area (Å²) in [6, 6.07) is 18.8. The van der Waals surface area contributed by atoms with E-state index >= 15 is 0 Å². The number of amides is 1. The van der Waals surface area contributed by atoms with Gasteiger partial charge in [0.05, 0.1) is 0 Å². The van der Waals surface area contributed by atoms with E-state index in [-0.39, 0.29) is 12.5 Å². The van der Waals surface area contributed by atoms with Gasteiger partial charge in [-0.1, -0.05) is 42.5 Å². The number of rotatable bonds is 9. The van der Waals surface area contributed by atoms with Gasteiger partial charge in [-0.05, 0) is 49.6 Å². The summed E-state index contributed by atoms with van der Waals surface area (Å²) in [6.45, 7) is 6.24. The molecule has 2 aromatic carbocycles. The lowest BCUT2D eigenvalue weighted by Gasteiger charge is -2.34. The van der Waals surface area contributed by atoms with Crippen LogP contribution < -0.4 is 20.7 Å². The molecule has 3 N–H and O–H groups in total. The summed E-state index contributed by atoms with van der Waals surface area (Å²) >= 11 is 0. The maximum atomic E-state index is 11.6. The van der Waals surface area contributed by atoms with Crippen molar-refractivity contribution in [1.82, 2.24) is 20.9 Å². The molecule has 1 heterocycles. The van der Waals surface area contributed by atoms with E-state index in [0.717, 1.165) is 37.6 Å². The molecule has 2 aromatic rings. The van der Waals surface area contributed by atoms with E-state index in [1.165, 1.54) is 12.0 Å². The van der Waals surface area contributed by atoms with Crippen LogP contribution in [0.5, 0.6) is 5.75 Å². The summed E-state index contributed by atoms with van der Waals surface area (Å²) in [4.78, 5) is 18.5. The number of hydrogen-bond donors (Lipinski definition) is 3. The highest BCUT2D eigenvalue weighted by molar-refractivity contribution is 5.80. The number of piperidine rings is 1. The quantitative estimate of drug-likeness (QED) is 0.415. The molecule has 7 nitrogen and oxygen atoms in total. The van der Waals surface area contributed by atoms with Gasteiger partial charge >= 0.3 is 0 Å². The molecule has 1 atom stereocenters. The second-order valence-corrected chi connectivity index (χ2v) is 8.02. The molecule has 1 amide bonds. The van der Waals surface area contributed by atoms with E-state index in [9.17, 15) is 4.79 Å². The van der Waals surface area contributed by atoms with Crippen molar-refractivity contribution in [2.75, 3.05) is 33.3 Å². The molecule has 0 radical (unpaired) electrons. The van der Waals surface area contributed by atoms with E-state index in [4.69, 9.17) is 4.74 Å². The number of benzene rings is 2. The maximum Gasteiger partial charge on any atom is 0.257 e. The first-order valence-electron chi connectivity index (χ1n) is 11.4. The Bertz CT molecular complexity index is 872. The summed E-state index contributed by atoms with van der Waals surface area (Å²) in [5.74, 6) is 1.36. The Morgan fingerprint density at radius 2 is 1.94 bits per heavy atom. The molecule has 1 fully saturated rings. The van der Waals surface area contributed by atoms with Gasteiger partial charge in [0, 0.05) is 39.3 Å². The fraction of sp³-hybridized carbons (Fsp3) is 0.440. The number of carbonyl (C=O) groups is 1. The zero-order valence-electron chi connectivity index (χ0n) is 19.1. The minimum absolute atomic E-state index is 0.0229. The van der Waals surface area contributed by atoms with Crippen molar-refractivity contribution >= 4 is 11.9 Å². The fourth-order valence-electron chi connectivity index (χ4n) is 3.87. The predicted molar refractivity (Wildman–Crippen MR) is 129 cm³/mol. The highest BCUT2D eigenvalue weighted by Crippen LogP contribution is 2.15. The molecular formula is C25H35N5O2. The SMILES string of the molecule is CCNC(=O)COc1cccc(CNC(=NC)NC2CCCN(Cc3ccccc3)C2)c1. The van der Waals surface area contributed by atoms with Crippen molar-refractivity contribution in [3.8, 4) is 5.75 Å². The standard InChI is InChI=1S/C25H35N5O2/c1-3-27-24(31)19-32-23-13-7-11-21(15-23)16-28-25(26-2)29-22-12-8-14-30(18-22)17-20-9-5-4-6-10-20/h4-7,9-11,13,15,22H,3,8,12,14,16-19H2,1-2H3,(H,27,31)(H2,26,28,29). The van der Waals surface area contributed by atoms with Crippen LogP contribution in [0.15, 0.2) is 59.6 Å². The number of aliphatic imine (C=N–C) groups is 1. The number of likely N-dealkylation sites (tertiary alicyclic amines) is 1. The molecule has 0 saturated carbocycles. The Morgan fingerprint density at radius 3 is 2.72 bits per heavy atom. The predicted octanol–water partition coefficient (Wildman–Crippen LogP) is 2.53. The largest absolute Gasteiger partial charge is 0.484 e. The molecule has 3 rings (SSSR count). The molecule has 0 aromatic heterocycles. The van der Waals surface area contributed by atoms with Gasteiger partial charge in [-0.2, -0.15) is 0 Å². The molecule has 7 heteroatoms. The Labute approximate surface area is 191 Å². The zero-order valence-corrected chi connectivity index (χ0v) is 19.1. The van der Waals surface area contributed by atoms with Crippen LogP contribution >= 0.6 is 0 Å². The molecule has 1 aliphatic heterocycles. The van der Waals surface area contributed by atoms with Gasteiger partial charge in [0.15, 0.2) is 12.6 Å². The van der Waals surface area contributed by atoms with Crippen LogP contribution in [0.3, 0.4) is 0 Å². The Morgan fingerprint density at radius 1 is 1.12 bits per heavy atom. The number of nitrogens with zero attached hydrogens (tertiary/aromatic N) is 2. The number of guanidine groups is 1. The van der Waals surface area contributed by atoms with Gasteiger partial charge in [0.1, 0.15) is 5.75 Å². The normalized spacial score (nSPS) is 16.9. The third kappa shape index (κ3) is 7.89. The average Bonchev–Trinajstić information content (AvgIpc) is 2.82. The van der Waals surface area contributed by atoms with Crippen molar-refractivity contribution in [2.24, 2.45) is 4.99 Å². The molecule has 0 bridgehead atoms. The van der Waals surface area contributed by atoms with E-state index in [1.807, 2.05) is 31.2 Å². The first-order chi connectivity index (χ1) is 15.7. The van der Waals surface area contributed by atoms with Gasteiger partial charge in [0.25, 0.3) is 5.91 Å². The second-order valence-electron chi connectivity index (χ2n) is 8.02.